The molecule has 0 saturated heterocycles. The van der Waals surface area contributed by atoms with Crippen molar-refractivity contribution in [3.05, 3.63) is 0 Å². The molecule has 0 aliphatic heterocycles. The van der Waals surface area contributed by atoms with E-state index in [1.54, 1.807) is 0 Å². The number of aliphatic hydroxyl groups is 5. The van der Waals surface area contributed by atoms with Gasteiger partial charge in [-0.25, -0.2) is 0 Å². The van der Waals surface area contributed by atoms with Gasteiger partial charge in [-0.05, 0) is 0 Å². The highest BCUT2D eigenvalue weighted by Gasteiger charge is 2.25. The Bertz CT molecular complexity index is 155. The first-order valence-corrected chi connectivity index (χ1v) is 5.05. The molecule has 7 nitrogen and oxygen atoms in total. The van der Waals surface area contributed by atoms with E-state index in [2.05, 4.69) is 0 Å². The van der Waals surface area contributed by atoms with Crippen LogP contribution in [0.5, 0.6) is 0 Å². The lowest BCUT2D eigenvalue weighted by molar-refractivity contribution is -0.123. The monoisotopic (exact) mass is 240 g/mol. The Hall–Kier alpha value is -0.280. The summed E-state index contributed by atoms with van der Waals surface area (Å²) in [5.74, 6) is 0. The molecule has 3 atom stereocenters. The average molecular weight is 240 g/mol. The Morgan fingerprint density at radius 2 is 1.56 bits per heavy atom. The highest BCUT2D eigenvalue weighted by molar-refractivity contribution is 4.75. The summed E-state index contributed by atoms with van der Waals surface area (Å²) in [5.41, 5.74) is 0. The van der Waals surface area contributed by atoms with Gasteiger partial charge in [0, 0.05) is 0 Å². The zero-order valence-electron chi connectivity index (χ0n) is 9.03. The van der Waals surface area contributed by atoms with Crippen LogP contribution in [0.3, 0.4) is 0 Å². The SMILES string of the molecule is OCCOCCOC(CO)C(O)C(O)CO. The van der Waals surface area contributed by atoms with Gasteiger partial charge in [0.1, 0.15) is 18.3 Å². The van der Waals surface area contributed by atoms with Crippen LogP contribution in [0.25, 0.3) is 0 Å². The molecule has 0 fully saturated rings. The van der Waals surface area contributed by atoms with E-state index in [1.807, 2.05) is 0 Å². The van der Waals surface area contributed by atoms with E-state index in [0.717, 1.165) is 0 Å². The Balaban J connectivity index is 3.73. The van der Waals surface area contributed by atoms with Gasteiger partial charge < -0.3 is 35.0 Å². The molecule has 0 heterocycles. The summed E-state index contributed by atoms with van der Waals surface area (Å²) in [4.78, 5) is 0. The quantitative estimate of drug-likeness (QED) is 0.260. The van der Waals surface area contributed by atoms with Gasteiger partial charge >= 0.3 is 0 Å². The van der Waals surface area contributed by atoms with Gasteiger partial charge in [0.2, 0.25) is 0 Å². The van der Waals surface area contributed by atoms with Crippen LogP contribution in [-0.2, 0) is 9.47 Å². The first kappa shape index (κ1) is 15.7. The Morgan fingerprint density at radius 3 is 2.06 bits per heavy atom. The van der Waals surface area contributed by atoms with Gasteiger partial charge in [-0.2, -0.15) is 0 Å². The minimum atomic E-state index is -1.35. The topological polar surface area (TPSA) is 120 Å². The number of rotatable bonds is 10. The van der Waals surface area contributed by atoms with Crippen LogP contribution >= 0.6 is 0 Å². The van der Waals surface area contributed by atoms with Gasteiger partial charge in [0.25, 0.3) is 0 Å². The summed E-state index contributed by atoms with van der Waals surface area (Å²) in [6, 6.07) is 0. The molecule has 0 spiro atoms. The van der Waals surface area contributed by atoms with Crippen molar-refractivity contribution in [1.29, 1.82) is 0 Å². The number of ether oxygens (including phenoxy) is 2. The van der Waals surface area contributed by atoms with E-state index in [-0.39, 0.29) is 26.4 Å². The number of hydrogen-bond donors (Lipinski definition) is 5. The van der Waals surface area contributed by atoms with Crippen LogP contribution in [0.15, 0.2) is 0 Å². The molecular formula is C9H20O7. The second kappa shape index (κ2) is 9.91. The van der Waals surface area contributed by atoms with E-state index in [4.69, 9.17) is 29.9 Å². The standard InChI is InChI=1S/C9H20O7/c10-1-2-15-3-4-16-8(6-12)9(14)7(13)5-11/h7-14H,1-6H2. The lowest BCUT2D eigenvalue weighted by atomic mass is 10.1. The maximum Gasteiger partial charge on any atom is 0.110 e. The summed E-state index contributed by atoms with van der Waals surface area (Å²) >= 11 is 0. The molecule has 0 saturated carbocycles. The second-order valence-electron chi connectivity index (χ2n) is 3.17. The molecule has 16 heavy (non-hydrogen) atoms. The van der Waals surface area contributed by atoms with Crippen molar-refractivity contribution in [3.8, 4) is 0 Å². The van der Waals surface area contributed by atoms with Crippen molar-refractivity contribution < 1.29 is 35.0 Å². The van der Waals surface area contributed by atoms with Gasteiger partial charge in [0.15, 0.2) is 0 Å². The lowest BCUT2D eigenvalue weighted by Gasteiger charge is -2.24. The minimum Gasteiger partial charge on any atom is -0.394 e. The number of hydrogen-bond acceptors (Lipinski definition) is 7. The van der Waals surface area contributed by atoms with Crippen molar-refractivity contribution in [2.24, 2.45) is 0 Å². The molecule has 0 aromatic rings. The molecular weight excluding hydrogens is 220 g/mol. The largest absolute Gasteiger partial charge is 0.394 e. The second-order valence-corrected chi connectivity index (χ2v) is 3.17. The molecule has 0 aromatic heterocycles. The summed E-state index contributed by atoms with van der Waals surface area (Å²) < 4.78 is 9.94. The Kier molecular flexibility index (Phi) is 9.74. The Morgan fingerprint density at radius 1 is 0.875 bits per heavy atom. The molecule has 0 aliphatic carbocycles. The van der Waals surface area contributed by atoms with Crippen LogP contribution in [0, 0.1) is 0 Å². The molecule has 7 heteroatoms. The van der Waals surface area contributed by atoms with Crippen LogP contribution < -0.4 is 0 Å². The van der Waals surface area contributed by atoms with Crippen LogP contribution in [0.2, 0.25) is 0 Å². The van der Waals surface area contributed by atoms with Crippen molar-refractivity contribution in [2.75, 3.05) is 39.6 Å². The fourth-order valence-corrected chi connectivity index (χ4v) is 1.04. The maximum absolute atomic E-state index is 9.40. The van der Waals surface area contributed by atoms with Crippen molar-refractivity contribution >= 4 is 0 Å². The first-order valence-electron chi connectivity index (χ1n) is 5.05. The third-order valence-corrected chi connectivity index (χ3v) is 1.94. The predicted molar refractivity (Wildman–Crippen MR) is 53.8 cm³/mol. The van der Waals surface area contributed by atoms with Gasteiger partial charge in [0.05, 0.1) is 39.6 Å². The van der Waals surface area contributed by atoms with Crippen LogP contribution in [0.1, 0.15) is 0 Å². The van der Waals surface area contributed by atoms with E-state index in [1.165, 1.54) is 0 Å². The van der Waals surface area contributed by atoms with Gasteiger partial charge in [-0.3, -0.25) is 0 Å². The summed E-state index contributed by atoms with van der Waals surface area (Å²) in [6.45, 7) is -0.663. The smallest absolute Gasteiger partial charge is 0.110 e. The van der Waals surface area contributed by atoms with Crippen molar-refractivity contribution in [1.82, 2.24) is 0 Å². The van der Waals surface area contributed by atoms with Crippen LogP contribution in [-0.4, -0.2) is 83.5 Å². The zero-order valence-corrected chi connectivity index (χ0v) is 9.03. The lowest BCUT2D eigenvalue weighted by Crippen LogP contribution is -2.43. The minimum absolute atomic E-state index is 0.0880. The summed E-state index contributed by atoms with van der Waals surface area (Å²) in [6.07, 6.45) is -3.68. The third kappa shape index (κ3) is 6.33. The molecule has 0 aliphatic rings. The van der Waals surface area contributed by atoms with Gasteiger partial charge in [-0.1, -0.05) is 0 Å². The normalized spacial score (nSPS) is 17.1. The van der Waals surface area contributed by atoms with Crippen molar-refractivity contribution in [3.63, 3.8) is 0 Å². The molecule has 3 unspecified atom stereocenters. The van der Waals surface area contributed by atoms with E-state index in [0.29, 0.717) is 0 Å². The maximum atomic E-state index is 9.40. The Labute approximate surface area is 93.9 Å². The number of aliphatic hydroxyl groups excluding tert-OH is 5. The van der Waals surface area contributed by atoms with Crippen LogP contribution in [0.4, 0.5) is 0 Å². The molecule has 0 amide bonds. The summed E-state index contributed by atoms with van der Waals surface area (Å²) in [5, 5.41) is 44.4. The molecule has 0 bridgehead atoms. The summed E-state index contributed by atoms with van der Waals surface area (Å²) in [7, 11) is 0. The van der Waals surface area contributed by atoms with Gasteiger partial charge in [-0.15, -0.1) is 0 Å². The fraction of sp³-hybridized carbons (Fsp3) is 1.00. The molecule has 0 rings (SSSR count). The third-order valence-electron chi connectivity index (χ3n) is 1.94. The predicted octanol–water partition coefficient (Wildman–Crippen LogP) is -2.91. The van der Waals surface area contributed by atoms with E-state index < -0.39 is 31.5 Å². The first-order chi connectivity index (χ1) is 7.67. The fourth-order valence-electron chi connectivity index (χ4n) is 1.04. The molecule has 0 aromatic carbocycles. The average Bonchev–Trinajstić information content (AvgIpc) is 2.32. The molecule has 5 N–H and O–H groups in total. The zero-order chi connectivity index (χ0) is 12.4. The highest BCUT2D eigenvalue weighted by Crippen LogP contribution is 2.04. The molecule has 98 valence electrons. The van der Waals surface area contributed by atoms with Crippen molar-refractivity contribution in [2.45, 2.75) is 18.3 Å². The highest BCUT2D eigenvalue weighted by atomic mass is 16.5. The molecule has 0 radical (unpaired) electrons. The van der Waals surface area contributed by atoms with E-state index in [9.17, 15) is 5.11 Å². The van der Waals surface area contributed by atoms with E-state index >= 15 is 0 Å².